The number of alkyl halides is 3. The molecule has 0 aliphatic heterocycles. The molecule has 11 heteroatoms. The van der Waals surface area contributed by atoms with E-state index in [2.05, 4.69) is 15.6 Å². The summed E-state index contributed by atoms with van der Waals surface area (Å²) in [5, 5.41) is 20.2. The van der Waals surface area contributed by atoms with Crippen LogP contribution in [-0.4, -0.2) is 38.6 Å². The van der Waals surface area contributed by atoms with Crippen molar-refractivity contribution in [3.63, 3.8) is 0 Å². The molecule has 1 heterocycles. The summed E-state index contributed by atoms with van der Waals surface area (Å²) in [6, 6.07) is 19.1. The summed E-state index contributed by atoms with van der Waals surface area (Å²) in [5.74, 6) is -1.50. The quantitative estimate of drug-likeness (QED) is 0.311. The topological polar surface area (TPSA) is 106 Å². The maximum Gasteiger partial charge on any atom is 0.416 e. The van der Waals surface area contributed by atoms with Crippen molar-refractivity contribution < 1.29 is 32.6 Å². The molecule has 4 aromatic rings. The molecule has 0 aliphatic rings. The number of carboxylic acid groups (broad SMARTS) is 1. The second kappa shape index (κ2) is 11.2. The molecule has 196 valence electrons. The number of nitrogens with zero attached hydrogens (tertiary/aromatic N) is 3. The van der Waals surface area contributed by atoms with Crippen molar-refractivity contribution >= 4 is 11.9 Å². The van der Waals surface area contributed by atoms with Crippen molar-refractivity contribution in [2.45, 2.75) is 25.7 Å². The van der Waals surface area contributed by atoms with E-state index in [1.54, 1.807) is 43.3 Å². The van der Waals surface area contributed by atoms with Crippen molar-refractivity contribution in [2.75, 3.05) is 6.61 Å². The normalized spacial score (nSPS) is 12.1. The van der Waals surface area contributed by atoms with E-state index < -0.39 is 29.7 Å². The Labute approximate surface area is 215 Å². The molecule has 4 rings (SSSR count). The summed E-state index contributed by atoms with van der Waals surface area (Å²) in [6.07, 6.45) is -4.49. The van der Waals surface area contributed by atoms with Gasteiger partial charge in [-0.1, -0.05) is 53.7 Å². The van der Waals surface area contributed by atoms with Crippen LogP contribution in [-0.2, 0) is 12.7 Å². The number of aromatic nitrogens is 3. The monoisotopic (exact) mass is 524 g/mol. The number of aromatic carboxylic acids is 1. The minimum atomic E-state index is -4.49. The number of ether oxygens (including phenoxy) is 1. The summed E-state index contributed by atoms with van der Waals surface area (Å²) in [7, 11) is 0. The predicted molar refractivity (Wildman–Crippen MR) is 132 cm³/mol. The van der Waals surface area contributed by atoms with E-state index >= 15 is 0 Å². The summed E-state index contributed by atoms with van der Waals surface area (Å²) >= 11 is 0. The molecule has 0 saturated carbocycles. The van der Waals surface area contributed by atoms with Gasteiger partial charge in [-0.15, -0.1) is 5.10 Å². The maximum atomic E-state index is 13.4. The number of carbonyl (C=O) groups is 2. The van der Waals surface area contributed by atoms with Crippen LogP contribution in [0.5, 0.6) is 5.75 Å². The molecule has 0 spiro atoms. The zero-order valence-electron chi connectivity index (χ0n) is 20.1. The average Bonchev–Trinajstić information content (AvgIpc) is 3.33. The van der Waals surface area contributed by atoms with Gasteiger partial charge in [0.25, 0.3) is 5.91 Å². The highest BCUT2D eigenvalue weighted by atomic mass is 19.4. The molecule has 3 aromatic carbocycles. The standard InChI is InChI=1S/C27H23F3N4O4/c1-17(18-10-12-20(13-11-18)26(36)37)31-25(35)24-23(19-6-3-2-4-7-19)32-33-34(24)14-15-38-22-9-5-8-21(16-22)27(28,29)30/h2-13,16-17H,14-15H2,1H3,(H,31,35)(H,36,37)/t17-/m0/s1. The largest absolute Gasteiger partial charge is 0.492 e. The zero-order valence-corrected chi connectivity index (χ0v) is 20.1. The van der Waals surface area contributed by atoms with E-state index in [9.17, 15) is 22.8 Å². The minimum Gasteiger partial charge on any atom is -0.492 e. The van der Waals surface area contributed by atoms with Gasteiger partial charge in [0.05, 0.1) is 23.7 Å². The van der Waals surface area contributed by atoms with Crippen LogP contribution in [0.25, 0.3) is 11.3 Å². The van der Waals surface area contributed by atoms with Crippen molar-refractivity contribution in [2.24, 2.45) is 0 Å². The highest BCUT2D eigenvalue weighted by Crippen LogP contribution is 2.31. The van der Waals surface area contributed by atoms with Gasteiger partial charge in [-0.25, -0.2) is 9.48 Å². The van der Waals surface area contributed by atoms with Crippen molar-refractivity contribution in [3.05, 3.63) is 101 Å². The maximum absolute atomic E-state index is 13.4. The summed E-state index contributed by atoms with van der Waals surface area (Å²) in [6.45, 7) is 1.73. The third kappa shape index (κ3) is 6.17. The molecule has 1 amide bonds. The molecule has 1 atom stereocenters. The van der Waals surface area contributed by atoms with Crippen LogP contribution in [0.3, 0.4) is 0 Å². The smallest absolute Gasteiger partial charge is 0.416 e. The van der Waals surface area contributed by atoms with E-state index in [0.717, 1.165) is 12.1 Å². The van der Waals surface area contributed by atoms with Crippen LogP contribution in [0.15, 0.2) is 78.9 Å². The lowest BCUT2D eigenvalue weighted by atomic mass is 10.1. The molecule has 0 aliphatic carbocycles. The fraction of sp³-hybridized carbons (Fsp3) is 0.185. The predicted octanol–water partition coefficient (Wildman–Crippen LogP) is 5.23. The summed E-state index contributed by atoms with van der Waals surface area (Å²) in [5.41, 5.74) is 1.13. The fourth-order valence-corrected chi connectivity index (χ4v) is 3.76. The van der Waals surface area contributed by atoms with Crippen LogP contribution >= 0.6 is 0 Å². The second-order valence-corrected chi connectivity index (χ2v) is 8.37. The van der Waals surface area contributed by atoms with Gasteiger partial charge in [0, 0.05) is 5.56 Å². The number of nitrogens with one attached hydrogen (secondary N) is 1. The van der Waals surface area contributed by atoms with Gasteiger partial charge < -0.3 is 15.2 Å². The van der Waals surface area contributed by atoms with E-state index in [1.807, 2.05) is 6.07 Å². The highest BCUT2D eigenvalue weighted by molar-refractivity contribution is 5.98. The lowest BCUT2D eigenvalue weighted by Crippen LogP contribution is -2.30. The highest BCUT2D eigenvalue weighted by Gasteiger charge is 2.30. The average molecular weight is 524 g/mol. The molecular weight excluding hydrogens is 501 g/mol. The van der Waals surface area contributed by atoms with Gasteiger partial charge in [0.2, 0.25) is 0 Å². The van der Waals surface area contributed by atoms with Gasteiger partial charge in [-0.3, -0.25) is 4.79 Å². The SMILES string of the molecule is C[C@H](NC(=O)c1c(-c2ccccc2)nnn1CCOc1cccc(C(F)(F)F)c1)c1ccc(C(=O)O)cc1. The Balaban J connectivity index is 1.54. The van der Waals surface area contributed by atoms with Crippen LogP contribution in [0.4, 0.5) is 13.2 Å². The van der Waals surface area contributed by atoms with Gasteiger partial charge in [0.1, 0.15) is 18.1 Å². The van der Waals surface area contributed by atoms with E-state index in [0.29, 0.717) is 16.8 Å². The lowest BCUT2D eigenvalue weighted by Gasteiger charge is -2.16. The lowest BCUT2D eigenvalue weighted by molar-refractivity contribution is -0.137. The first-order valence-corrected chi connectivity index (χ1v) is 11.6. The zero-order chi connectivity index (χ0) is 27.3. The third-order valence-corrected chi connectivity index (χ3v) is 5.74. The Bertz CT molecular complexity index is 1420. The Morgan fingerprint density at radius 3 is 2.39 bits per heavy atom. The van der Waals surface area contributed by atoms with Crippen molar-refractivity contribution in [1.29, 1.82) is 0 Å². The van der Waals surface area contributed by atoms with E-state index in [4.69, 9.17) is 9.84 Å². The molecule has 38 heavy (non-hydrogen) atoms. The first-order valence-electron chi connectivity index (χ1n) is 11.6. The molecule has 0 saturated heterocycles. The number of carboxylic acids is 1. The van der Waals surface area contributed by atoms with Crippen molar-refractivity contribution in [1.82, 2.24) is 20.3 Å². The number of carbonyl (C=O) groups excluding carboxylic acids is 1. The molecule has 8 nitrogen and oxygen atoms in total. The van der Waals surface area contributed by atoms with Crippen molar-refractivity contribution in [3.8, 4) is 17.0 Å². The molecule has 0 unspecified atom stereocenters. The number of rotatable bonds is 9. The van der Waals surface area contributed by atoms with Crippen LogP contribution < -0.4 is 10.1 Å². The molecule has 0 bridgehead atoms. The first-order chi connectivity index (χ1) is 18.1. The van der Waals surface area contributed by atoms with Gasteiger partial charge in [-0.05, 0) is 42.8 Å². The number of halogens is 3. The van der Waals surface area contributed by atoms with Crippen LogP contribution in [0.2, 0.25) is 0 Å². The van der Waals surface area contributed by atoms with Gasteiger partial charge in [0.15, 0.2) is 5.69 Å². The second-order valence-electron chi connectivity index (χ2n) is 8.37. The Morgan fingerprint density at radius 2 is 1.74 bits per heavy atom. The van der Waals surface area contributed by atoms with E-state index in [1.165, 1.54) is 28.9 Å². The first kappa shape index (κ1) is 26.4. The van der Waals surface area contributed by atoms with Gasteiger partial charge >= 0.3 is 12.1 Å². The number of hydrogen-bond acceptors (Lipinski definition) is 5. The van der Waals surface area contributed by atoms with Crippen LogP contribution in [0.1, 0.15) is 44.9 Å². The number of benzene rings is 3. The minimum absolute atomic E-state index is 0.0349. The molecule has 0 radical (unpaired) electrons. The Kier molecular flexibility index (Phi) is 7.75. The van der Waals surface area contributed by atoms with Gasteiger partial charge in [-0.2, -0.15) is 13.2 Å². The molecule has 1 aromatic heterocycles. The Morgan fingerprint density at radius 1 is 1.03 bits per heavy atom. The summed E-state index contributed by atoms with van der Waals surface area (Å²) in [4.78, 5) is 24.5. The molecule has 2 N–H and O–H groups in total. The number of hydrogen-bond donors (Lipinski definition) is 2. The fourth-order valence-electron chi connectivity index (χ4n) is 3.76. The third-order valence-electron chi connectivity index (χ3n) is 5.74. The Hall–Kier alpha value is -4.67. The summed E-state index contributed by atoms with van der Waals surface area (Å²) < 4.78 is 45.8. The van der Waals surface area contributed by atoms with Crippen LogP contribution in [0, 0.1) is 0 Å². The molecule has 0 fully saturated rings. The van der Waals surface area contributed by atoms with E-state index in [-0.39, 0.29) is 30.2 Å². The molecular formula is C27H23F3N4O4. The number of amides is 1.